The van der Waals surface area contributed by atoms with E-state index in [-0.39, 0.29) is 6.04 Å². The monoisotopic (exact) mass is 271 g/mol. The molecule has 1 unspecified atom stereocenters. The lowest BCUT2D eigenvalue weighted by molar-refractivity contribution is 0.723. The molecular formula is C15H17N3S. The first-order chi connectivity index (χ1) is 9.22. The molecule has 0 radical (unpaired) electrons. The fourth-order valence-corrected chi connectivity index (χ4v) is 3.23. The summed E-state index contributed by atoms with van der Waals surface area (Å²) in [4.78, 5) is 4.40. The second-order valence-corrected chi connectivity index (χ2v) is 5.89. The van der Waals surface area contributed by atoms with Crippen LogP contribution in [-0.4, -0.2) is 15.6 Å². The van der Waals surface area contributed by atoms with Gasteiger partial charge in [-0.3, -0.25) is 0 Å². The van der Waals surface area contributed by atoms with Crippen molar-refractivity contribution in [2.45, 2.75) is 25.9 Å². The average molecular weight is 271 g/mol. The number of rotatable bonds is 4. The largest absolute Gasteiger partial charge is 0.333 e. The second kappa shape index (κ2) is 5.15. The molecule has 0 aliphatic rings. The van der Waals surface area contributed by atoms with E-state index < -0.39 is 0 Å². The molecule has 0 bridgehead atoms. The quantitative estimate of drug-likeness (QED) is 0.792. The van der Waals surface area contributed by atoms with E-state index in [1.165, 1.54) is 15.6 Å². The highest BCUT2D eigenvalue weighted by molar-refractivity contribution is 7.17. The van der Waals surface area contributed by atoms with E-state index >= 15 is 0 Å². The molecule has 0 saturated carbocycles. The number of hydrogen-bond donors (Lipinski definition) is 1. The first kappa shape index (κ1) is 12.4. The van der Waals surface area contributed by atoms with Crippen molar-refractivity contribution in [3.05, 3.63) is 53.4 Å². The zero-order valence-corrected chi connectivity index (χ0v) is 11.7. The van der Waals surface area contributed by atoms with Gasteiger partial charge in [-0.05, 0) is 29.3 Å². The van der Waals surface area contributed by atoms with Crippen LogP contribution in [0.4, 0.5) is 0 Å². The van der Waals surface area contributed by atoms with Gasteiger partial charge >= 0.3 is 0 Å². The maximum absolute atomic E-state index is 5.80. The number of nitrogens with zero attached hydrogens (tertiary/aromatic N) is 2. The van der Waals surface area contributed by atoms with Gasteiger partial charge in [0.1, 0.15) is 0 Å². The van der Waals surface area contributed by atoms with Gasteiger partial charge in [-0.25, -0.2) is 4.98 Å². The third-order valence-electron chi connectivity index (χ3n) is 3.13. The van der Waals surface area contributed by atoms with Gasteiger partial charge in [0.05, 0.1) is 12.0 Å². The van der Waals surface area contributed by atoms with Crippen LogP contribution in [0.3, 0.4) is 0 Å². The molecule has 0 saturated heterocycles. The molecule has 0 aliphatic heterocycles. The van der Waals surface area contributed by atoms with Crippen LogP contribution in [0.15, 0.2) is 42.2 Å². The van der Waals surface area contributed by atoms with E-state index in [1.807, 2.05) is 13.3 Å². The van der Waals surface area contributed by atoms with E-state index in [1.54, 1.807) is 11.3 Å². The molecule has 2 N–H and O–H groups in total. The average Bonchev–Trinajstić information content (AvgIpc) is 2.97. The smallest absolute Gasteiger partial charge is 0.0952 e. The Morgan fingerprint density at radius 3 is 3.05 bits per heavy atom. The van der Waals surface area contributed by atoms with Gasteiger partial charge in [-0.2, -0.15) is 0 Å². The van der Waals surface area contributed by atoms with Crippen molar-refractivity contribution in [3.63, 3.8) is 0 Å². The summed E-state index contributed by atoms with van der Waals surface area (Å²) in [6.07, 6.45) is 4.82. The summed E-state index contributed by atoms with van der Waals surface area (Å²) in [5, 5.41) is 3.57. The summed E-state index contributed by atoms with van der Waals surface area (Å²) in [7, 11) is 0. The summed E-state index contributed by atoms with van der Waals surface area (Å²) < 4.78 is 3.47. The highest BCUT2D eigenvalue weighted by Crippen LogP contribution is 2.26. The van der Waals surface area contributed by atoms with Gasteiger partial charge in [0.25, 0.3) is 0 Å². The highest BCUT2D eigenvalue weighted by atomic mass is 32.1. The van der Waals surface area contributed by atoms with Crippen LogP contribution in [0.2, 0.25) is 0 Å². The first-order valence-corrected chi connectivity index (χ1v) is 7.31. The second-order valence-electron chi connectivity index (χ2n) is 4.98. The normalized spacial score (nSPS) is 12.9. The summed E-state index contributed by atoms with van der Waals surface area (Å²) in [5.41, 5.74) is 8.21. The number of hydrogen-bond acceptors (Lipinski definition) is 3. The molecule has 19 heavy (non-hydrogen) atoms. The Labute approximate surface area is 116 Å². The number of thiophene rings is 1. The van der Waals surface area contributed by atoms with Gasteiger partial charge in [0.15, 0.2) is 0 Å². The lowest BCUT2D eigenvalue weighted by Gasteiger charge is -2.02. The molecule has 2 aromatic heterocycles. The van der Waals surface area contributed by atoms with Gasteiger partial charge in [0, 0.05) is 29.9 Å². The number of benzene rings is 1. The Kier molecular flexibility index (Phi) is 3.36. The molecule has 3 aromatic rings. The van der Waals surface area contributed by atoms with Gasteiger partial charge in [-0.15, -0.1) is 11.3 Å². The van der Waals surface area contributed by atoms with Crippen molar-refractivity contribution >= 4 is 21.4 Å². The van der Waals surface area contributed by atoms with Crippen molar-refractivity contribution in [1.29, 1.82) is 0 Å². The minimum atomic E-state index is 0.158. The molecule has 2 heterocycles. The van der Waals surface area contributed by atoms with Gasteiger partial charge in [0.2, 0.25) is 0 Å². The Balaban J connectivity index is 1.83. The SMILES string of the molecule is CC(N)Cc1cn(Cc2csc3ccccc23)cn1. The third-order valence-corrected chi connectivity index (χ3v) is 4.14. The molecule has 0 aliphatic carbocycles. The fourth-order valence-electron chi connectivity index (χ4n) is 2.28. The number of fused-ring (bicyclic) bond motifs is 1. The van der Waals surface area contributed by atoms with E-state index in [9.17, 15) is 0 Å². The van der Waals surface area contributed by atoms with Crippen molar-refractivity contribution < 1.29 is 0 Å². The van der Waals surface area contributed by atoms with Crippen LogP contribution >= 0.6 is 11.3 Å². The summed E-state index contributed by atoms with van der Waals surface area (Å²) in [5.74, 6) is 0. The van der Waals surface area contributed by atoms with Crippen LogP contribution in [0.5, 0.6) is 0 Å². The molecule has 0 amide bonds. The predicted octanol–water partition coefficient (Wildman–Crippen LogP) is 3.04. The first-order valence-electron chi connectivity index (χ1n) is 6.43. The van der Waals surface area contributed by atoms with E-state index in [2.05, 4.69) is 45.4 Å². The maximum Gasteiger partial charge on any atom is 0.0952 e. The standard InChI is InChI=1S/C15H17N3S/c1-11(16)6-13-8-18(10-17-13)7-12-9-19-15-5-3-2-4-14(12)15/h2-5,8-11H,6-7,16H2,1H3. The Morgan fingerprint density at radius 1 is 1.37 bits per heavy atom. The molecular weight excluding hydrogens is 254 g/mol. The zero-order chi connectivity index (χ0) is 13.2. The lowest BCUT2D eigenvalue weighted by atomic mass is 10.2. The summed E-state index contributed by atoms with van der Waals surface area (Å²) in [6.45, 7) is 2.88. The van der Waals surface area contributed by atoms with Crippen LogP contribution in [-0.2, 0) is 13.0 Å². The zero-order valence-electron chi connectivity index (χ0n) is 10.9. The van der Waals surface area contributed by atoms with Crippen molar-refractivity contribution in [3.8, 4) is 0 Å². The topological polar surface area (TPSA) is 43.8 Å². The maximum atomic E-state index is 5.80. The van der Waals surface area contributed by atoms with Crippen molar-refractivity contribution in [2.24, 2.45) is 5.73 Å². The molecule has 98 valence electrons. The molecule has 0 spiro atoms. The molecule has 3 rings (SSSR count). The van der Waals surface area contributed by atoms with E-state index in [0.717, 1.165) is 18.7 Å². The Morgan fingerprint density at radius 2 is 2.21 bits per heavy atom. The molecule has 4 heteroatoms. The van der Waals surface area contributed by atoms with Crippen LogP contribution in [0, 0.1) is 0 Å². The highest BCUT2D eigenvalue weighted by Gasteiger charge is 2.06. The van der Waals surface area contributed by atoms with E-state index in [0.29, 0.717) is 0 Å². The van der Waals surface area contributed by atoms with Gasteiger partial charge in [-0.1, -0.05) is 18.2 Å². The lowest BCUT2D eigenvalue weighted by Crippen LogP contribution is -2.17. The van der Waals surface area contributed by atoms with Crippen molar-refractivity contribution in [2.75, 3.05) is 0 Å². The minimum absolute atomic E-state index is 0.158. The Bertz CT molecular complexity index is 681. The third kappa shape index (κ3) is 2.69. The molecule has 1 atom stereocenters. The molecule has 3 nitrogen and oxygen atoms in total. The van der Waals surface area contributed by atoms with Crippen molar-refractivity contribution in [1.82, 2.24) is 9.55 Å². The number of aromatic nitrogens is 2. The predicted molar refractivity (Wildman–Crippen MR) is 80.5 cm³/mol. The van der Waals surface area contributed by atoms with Crippen LogP contribution in [0.1, 0.15) is 18.2 Å². The number of nitrogens with two attached hydrogens (primary N) is 1. The molecule has 1 aromatic carbocycles. The summed E-state index contributed by atoms with van der Waals surface area (Å²) >= 11 is 1.80. The van der Waals surface area contributed by atoms with E-state index in [4.69, 9.17) is 5.73 Å². The molecule has 0 fully saturated rings. The number of imidazole rings is 1. The van der Waals surface area contributed by atoms with Crippen LogP contribution < -0.4 is 5.73 Å². The van der Waals surface area contributed by atoms with Gasteiger partial charge < -0.3 is 10.3 Å². The summed E-state index contributed by atoms with van der Waals surface area (Å²) in [6, 6.07) is 8.68. The minimum Gasteiger partial charge on any atom is -0.333 e. The Hall–Kier alpha value is -1.65. The fraction of sp³-hybridized carbons (Fsp3) is 0.267. The van der Waals surface area contributed by atoms with Crippen LogP contribution in [0.25, 0.3) is 10.1 Å².